The molecule has 1 fully saturated rings. The van der Waals surface area contributed by atoms with E-state index in [0.717, 1.165) is 37.4 Å². The normalized spacial score (nSPS) is 23.6. The summed E-state index contributed by atoms with van der Waals surface area (Å²) < 4.78 is 1.89. The topological polar surface area (TPSA) is 70.0 Å². The standard InChI is InChI=1S/C14H21N5O/c1-10-5-12(17-16-10)6-11-7-19(9-14(11)20)8-13-3-4-15-18(13)2/h3-5,11,14,20H,6-9H2,1-2H3,(H,16,17)/t11-,14+/m1/s1. The molecule has 0 spiro atoms. The van der Waals surface area contributed by atoms with Gasteiger partial charge in [-0.25, -0.2) is 0 Å². The van der Waals surface area contributed by atoms with Crippen molar-refractivity contribution in [2.24, 2.45) is 13.0 Å². The van der Waals surface area contributed by atoms with E-state index in [9.17, 15) is 5.11 Å². The van der Waals surface area contributed by atoms with Crippen LogP contribution in [0.3, 0.4) is 0 Å². The van der Waals surface area contributed by atoms with Crippen LogP contribution in [0, 0.1) is 12.8 Å². The van der Waals surface area contributed by atoms with Gasteiger partial charge in [-0.15, -0.1) is 0 Å². The zero-order valence-corrected chi connectivity index (χ0v) is 12.0. The van der Waals surface area contributed by atoms with Gasteiger partial charge in [-0.1, -0.05) is 0 Å². The molecule has 3 rings (SSSR count). The highest BCUT2D eigenvalue weighted by Gasteiger charge is 2.32. The second kappa shape index (κ2) is 5.38. The lowest BCUT2D eigenvalue weighted by Crippen LogP contribution is -2.22. The van der Waals surface area contributed by atoms with Crippen LogP contribution in [0.2, 0.25) is 0 Å². The third-order valence-electron chi connectivity index (χ3n) is 4.02. The van der Waals surface area contributed by atoms with Crippen LogP contribution in [0.1, 0.15) is 17.1 Å². The summed E-state index contributed by atoms with van der Waals surface area (Å²) in [7, 11) is 1.95. The molecule has 0 saturated carbocycles. The average Bonchev–Trinajstić information content (AvgIpc) is 3.06. The first-order chi connectivity index (χ1) is 9.61. The van der Waals surface area contributed by atoms with E-state index in [-0.39, 0.29) is 12.0 Å². The van der Waals surface area contributed by atoms with Crippen molar-refractivity contribution in [1.82, 2.24) is 24.9 Å². The number of hydrogen-bond acceptors (Lipinski definition) is 4. The summed E-state index contributed by atoms with van der Waals surface area (Å²) in [6.45, 7) is 4.46. The van der Waals surface area contributed by atoms with Gasteiger partial charge in [0.15, 0.2) is 0 Å². The fourth-order valence-electron chi connectivity index (χ4n) is 2.90. The summed E-state index contributed by atoms with van der Waals surface area (Å²) in [5, 5.41) is 21.6. The molecule has 0 aliphatic carbocycles. The van der Waals surface area contributed by atoms with Gasteiger partial charge >= 0.3 is 0 Å². The lowest BCUT2D eigenvalue weighted by Gasteiger charge is -2.15. The van der Waals surface area contributed by atoms with E-state index in [0.29, 0.717) is 0 Å². The number of aliphatic hydroxyl groups is 1. The van der Waals surface area contributed by atoms with Gasteiger partial charge in [0.1, 0.15) is 0 Å². The Kier molecular flexibility index (Phi) is 3.58. The van der Waals surface area contributed by atoms with Crippen LogP contribution in [0.15, 0.2) is 18.3 Å². The van der Waals surface area contributed by atoms with Gasteiger partial charge < -0.3 is 5.11 Å². The number of H-pyrrole nitrogens is 1. The fraction of sp³-hybridized carbons (Fsp3) is 0.571. The first-order valence-corrected chi connectivity index (χ1v) is 7.00. The van der Waals surface area contributed by atoms with Crippen LogP contribution in [-0.4, -0.2) is 49.2 Å². The molecule has 20 heavy (non-hydrogen) atoms. The highest BCUT2D eigenvalue weighted by atomic mass is 16.3. The van der Waals surface area contributed by atoms with Gasteiger partial charge in [-0.3, -0.25) is 14.7 Å². The molecular weight excluding hydrogens is 254 g/mol. The van der Waals surface area contributed by atoms with Crippen LogP contribution >= 0.6 is 0 Å². The number of aryl methyl sites for hydroxylation is 2. The molecule has 0 bridgehead atoms. The molecule has 2 atom stereocenters. The third kappa shape index (κ3) is 2.76. The number of nitrogens with one attached hydrogen (secondary N) is 1. The SMILES string of the molecule is Cc1cc(C[C@@H]2CN(Cc3ccnn3C)C[C@@H]2O)n[nH]1. The molecule has 0 radical (unpaired) electrons. The molecule has 1 aliphatic rings. The lowest BCUT2D eigenvalue weighted by atomic mass is 10.0. The summed E-state index contributed by atoms with van der Waals surface area (Å²) in [5.41, 5.74) is 3.28. The molecule has 2 N–H and O–H groups in total. The number of β-amino-alcohol motifs (C(OH)–C–C–N with tert-alkyl or cyclic N) is 1. The molecule has 2 aromatic rings. The predicted octanol–water partition coefficient (Wildman–Crippen LogP) is 0.487. The van der Waals surface area contributed by atoms with Crippen LogP contribution < -0.4 is 0 Å². The summed E-state index contributed by atoms with van der Waals surface area (Å²) >= 11 is 0. The van der Waals surface area contributed by atoms with Crippen molar-refractivity contribution >= 4 is 0 Å². The van der Waals surface area contributed by atoms with E-state index in [1.807, 2.05) is 30.9 Å². The monoisotopic (exact) mass is 275 g/mol. The Morgan fingerprint density at radius 3 is 2.95 bits per heavy atom. The molecule has 0 unspecified atom stereocenters. The first kappa shape index (κ1) is 13.3. The van der Waals surface area contributed by atoms with Gasteiger partial charge in [0.05, 0.1) is 17.5 Å². The highest BCUT2D eigenvalue weighted by Crippen LogP contribution is 2.22. The minimum atomic E-state index is -0.278. The Hall–Kier alpha value is -1.66. The summed E-state index contributed by atoms with van der Waals surface area (Å²) in [5.74, 6) is 0.255. The molecule has 0 aromatic carbocycles. The zero-order chi connectivity index (χ0) is 14.1. The summed E-state index contributed by atoms with van der Waals surface area (Å²) in [6, 6.07) is 4.08. The van der Waals surface area contributed by atoms with E-state index >= 15 is 0 Å². The Morgan fingerprint density at radius 1 is 1.45 bits per heavy atom. The van der Waals surface area contributed by atoms with Crippen molar-refractivity contribution in [2.45, 2.75) is 26.0 Å². The number of aromatic amines is 1. The van der Waals surface area contributed by atoms with Crippen molar-refractivity contribution in [3.63, 3.8) is 0 Å². The van der Waals surface area contributed by atoms with Crippen LogP contribution in [0.25, 0.3) is 0 Å². The Balaban J connectivity index is 1.60. The van der Waals surface area contributed by atoms with E-state index in [1.54, 1.807) is 0 Å². The molecule has 3 heterocycles. The Morgan fingerprint density at radius 2 is 2.30 bits per heavy atom. The zero-order valence-electron chi connectivity index (χ0n) is 12.0. The van der Waals surface area contributed by atoms with Crippen molar-refractivity contribution in [2.75, 3.05) is 13.1 Å². The highest BCUT2D eigenvalue weighted by molar-refractivity contribution is 5.09. The minimum absolute atomic E-state index is 0.255. The van der Waals surface area contributed by atoms with E-state index in [2.05, 4.69) is 26.3 Å². The number of hydrogen-bond donors (Lipinski definition) is 2. The number of aliphatic hydroxyl groups excluding tert-OH is 1. The largest absolute Gasteiger partial charge is 0.391 e. The molecule has 6 heteroatoms. The maximum atomic E-state index is 10.2. The fourth-order valence-corrected chi connectivity index (χ4v) is 2.90. The molecular formula is C14H21N5O. The number of nitrogens with zero attached hydrogens (tertiary/aromatic N) is 4. The quantitative estimate of drug-likeness (QED) is 0.852. The van der Waals surface area contributed by atoms with Crippen LogP contribution in [0.5, 0.6) is 0 Å². The van der Waals surface area contributed by atoms with Crippen LogP contribution in [0.4, 0.5) is 0 Å². The molecule has 0 amide bonds. The summed E-state index contributed by atoms with van der Waals surface area (Å²) in [4.78, 5) is 2.28. The first-order valence-electron chi connectivity index (χ1n) is 7.00. The smallest absolute Gasteiger partial charge is 0.0711 e. The van der Waals surface area contributed by atoms with Crippen LogP contribution in [-0.2, 0) is 20.0 Å². The number of aromatic nitrogens is 4. The maximum absolute atomic E-state index is 10.2. The second-order valence-electron chi connectivity index (χ2n) is 5.71. The molecule has 108 valence electrons. The lowest BCUT2D eigenvalue weighted by molar-refractivity contribution is 0.140. The maximum Gasteiger partial charge on any atom is 0.0711 e. The van der Waals surface area contributed by atoms with Crippen molar-refractivity contribution in [3.05, 3.63) is 35.4 Å². The molecule has 2 aromatic heterocycles. The predicted molar refractivity (Wildman–Crippen MR) is 75.0 cm³/mol. The van der Waals surface area contributed by atoms with Gasteiger partial charge in [0.2, 0.25) is 0 Å². The second-order valence-corrected chi connectivity index (χ2v) is 5.71. The van der Waals surface area contributed by atoms with Gasteiger partial charge in [-0.2, -0.15) is 10.2 Å². The third-order valence-corrected chi connectivity index (χ3v) is 4.02. The molecule has 6 nitrogen and oxygen atoms in total. The summed E-state index contributed by atoms with van der Waals surface area (Å²) in [6.07, 6.45) is 2.36. The van der Waals surface area contributed by atoms with Gasteiger partial charge in [0.25, 0.3) is 0 Å². The Bertz CT molecular complexity index is 576. The minimum Gasteiger partial charge on any atom is -0.391 e. The van der Waals surface area contributed by atoms with Crippen molar-refractivity contribution < 1.29 is 5.11 Å². The molecule has 1 aliphatic heterocycles. The average molecular weight is 275 g/mol. The van der Waals surface area contributed by atoms with Gasteiger partial charge in [-0.05, 0) is 25.5 Å². The van der Waals surface area contributed by atoms with Crippen molar-refractivity contribution in [3.8, 4) is 0 Å². The van der Waals surface area contributed by atoms with E-state index in [4.69, 9.17) is 0 Å². The number of likely N-dealkylation sites (tertiary alicyclic amines) is 1. The van der Waals surface area contributed by atoms with Gasteiger partial charge in [0, 0.05) is 44.5 Å². The number of rotatable bonds is 4. The molecule has 1 saturated heterocycles. The Labute approximate surface area is 118 Å². The van der Waals surface area contributed by atoms with E-state index < -0.39 is 0 Å². The van der Waals surface area contributed by atoms with E-state index in [1.165, 1.54) is 5.69 Å². The van der Waals surface area contributed by atoms with Crippen molar-refractivity contribution in [1.29, 1.82) is 0 Å².